The minimum Gasteiger partial charge on any atom is -0.492 e. The molecule has 1 heterocycles. The normalized spacial score (nSPS) is 17.9. The maximum absolute atomic E-state index is 11.6. The third-order valence-electron chi connectivity index (χ3n) is 4.34. The number of carbonyl (C=O) groups is 1. The van der Waals surface area contributed by atoms with E-state index in [2.05, 4.69) is 22.0 Å². The van der Waals surface area contributed by atoms with Crippen LogP contribution in [0.2, 0.25) is 5.02 Å². The van der Waals surface area contributed by atoms with Crippen molar-refractivity contribution in [3.8, 4) is 11.8 Å². The summed E-state index contributed by atoms with van der Waals surface area (Å²) in [6.07, 6.45) is 0. The Hall–Kier alpha value is -2.91. The monoisotopic (exact) mass is 384 g/mol. The van der Waals surface area contributed by atoms with Crippen molar-refractivity contribution >= 4 is 34.6 Å². The number of halogens is 1. The van der Waals surface area contributed by atoms with E-state index in [1.165, 1.54) is 6.92 Å². The van der Waals surface area contributed by atoms with Crippen molar-refractivity contribution in [3.05, 3.63) is 47.0 Å². The number of amides is 1. The molecule has 2 unspecified atom stereocenters. The summed E-state index contributed by atoms with van der Waals surface area (Å²) in [6.45, 7) is 4.34. The first-order valence-corrected chi connectivity index (χ1v) is 9.13. The molecule has 0 saturated heterocycles. The third kappa shape index (κ3) is 4.26. The number of fused-ring (bicyclic) bond motifs is 1. The van der Waals surface area contributed by atoms with Gasteiger partial charge in [0.2, 0.25) is 5.91 Å². The number of rotatable bonds is 5. The van der Waals surface area contributed by atoms with E-state index in [4.69, 9.17) is 16.3 Å². The fourth-order valence-electron chi connectivity index (χ4n) is 3.15. The van der Waals surface area contributed by atoms with Crippen molar-refractivity contribution in [3.63, 3.8) is 0 Å². The van der Waals surface area contributed by atoms with Crippen LogP contribution >= 0.6 is 11.6 Å². The van der Waals surface area contributed by atoms with Crippen LogP contribution in [0, 0.1) is 17.2 Å². The van der Waals surface area contributed by atoms with E-state index in [-0.39, 0.29) is 17.9 Å². The van der Waals surface area contributed by atoms with Crippen LogP contribution in [-0.4, -0.2) is 19.1 Å². The standard InChI is InChI=1S/C20H21ClN4O2/c1-3-27-19-9-17-16(8-18(19)24-12(2)26)20(13(10-22)11-23-17)25-15-6-4-14(21)5-7-15/h4-9,13,20,23,25H,3,11H2,1-2H3,(H,24,26). The fraction of sp³-hybridized carbons (Fsp3) is 0.300. The highest BCUT2D eigenvalue weighted by Crippen LogP contribution is 2.41. The zero-order chi connectivity index (χ0) is 19.4. The molecular weight excluding hydrogens is 364 g/mol. The van der Waals surface area contributed by atoms with Gasteiger partial charge in [-0.3, -0.25) is 4.79 Å². The van der Waals surface area contributed by atoms with Crippen molar-refractivity contribution in [2.45, 2.75) is 19.9 Å². The van der Waals surface area contributed by atoms with E-state index in [0.29, 0.717) is 29.6 Å². The molecule has 2 aromatic carbocycles. The predicted molar refractivity (Wildman–Crippen MR) is 107 cm³/mol. The van der Waals surface area contributed by atoms with Crippen LogP contribution in [0.1, 0.15) is 25.5 Å². The second-order valence-corrected chi connectivity index (χ2v) is 6.73. The summed E-state index contributed by atoms with van der Waals surface area (Å²) >= 11 is 5.96. The van der Waals surface area contributed by atoms with Crippen LogP contribution in [0.5, 0.6) is 5.75 Å². The molecule has 1 aliphatic heterocycles. The van der Waals surface area contributed by atoms with Gasteiger partial charge in [0.05, 0.1) is 30.3 Å². The number of hydrogen-bond donors (Lipinski definition) is 3. The average molecular weight is 385 g/mol. The Balaban J connectivity index is 2.02. The average Bonchev–Trinajstić information content (AvgIpc) is 2.64. The molecule has 0 radical (unpaired) electrons. The Kier molecular flexibility index (Phi) is 5.72. The number of hydrogen-bond acceptors (Lipinski definition) is 5. The Morgan fingerprint density at radius 1 is 1.37 bits per heavy atom. The fourth-order valence-corrected chi connectivity index (χ4v) is 3.27. The van der Waals surface area contributed by atoms with E-state index in [0.717, 1.165) is 16.9 Å². The smallest absolute Gasteiger partial charge is 0.221 e. The zero-order valence-corrected chi connectivity index (χ0v) is 15.9. The van der Waals surface area contributed by atoms with Gasteiger partial charge in [0.15, 0.2) is 0 Å². The molecule has 1 amide bonds. The summed E-state index contributed by atoms with van der Waals surface area (Å²) < 4.78 is 5.67. The van der Waals surface area contributed by atoms with E-state index < -0.39 is 0 Å². The van der Waals surface area contributed by atoms with Gasteiger partial charge in [-0.05, 0) is 37.3 Å². The number of nitrogens with zero attached hydrogens (tertiary/aromatic N) is 1. The molecule has 0 fully saturated rings. The quantitative estimate of drug-likeness (QED) is 0.710. The first-order valence-electron chi connectivity index (χ1n) is 8.75. The molecule has 27 heavy (non-hydrogen) atoms. The maximum Gasteiger partial charge on any atom is 0.221 e. The molecule has 0 saturated carbocycles. The first-order chi connectivity index (χ1) is 13.0. The van der Waals surface area contributed by atoms with Crippen LogP contribution in [0.25, 0.3) is 0 Å². The lowest BCUT2D eigenvalue weighted by atomic mass is 9.88. The Labute approximate surface area is 163 Å². The van der Waals surface area contributed by atoms with E-state index in [9.17, 15) is 10.1 Å². The van der Waals surface area contributed by atoms with Gasteiger partial charge >= 0.3 is 0 Å². The van der Waals surface area contributed by atoms with Gasteiger partial charge < -0.3 is 20.7 Å². The summed E-state index contributed by atoms with van der Waals surface area (Å²) in [6, 6.07) is 13.2. The molecule has 3 rings (SSSR count). The lowest BCUT2D eigenvalue weighted by molar-refractivity contribution is -0.114. The molecule has 0 aliphatic carbocycles. The lowest BCUT2D eigenvalue weighted by Crippen LogP contribution is -2.31. The van der Waals surface area contributed by atoms with Crippen LogP contribution in [0.3, 0.4) is 0 Å². The van der Waals surface area contributed by atoms with Crippen LogP contribution in [-0.2, 0) is 4.79 Å². The van der Waals surface area contributed by atoms with Crippen molar-refractivity contribution < 1.29 is 9.53 Å². The Morgan fingerprint density at radius 3 is 2.74 bits per heavy atom. The van der Waals surface area contributed by atoms with Gasteiger partial charge in [-0.15, -0.1) is 0 Å². The lowest BCUT2D eigenvalue weighted by Gasteiger charge is -2.33. The number of benzene rings is 2. The first kappa shape index (κ1) is 18.9. The van der Waals surface area contributed by atoms with Gasteiger partial charge in [0, 0.05) is 41.5 Å². The van der Waals surface area contributed by atoms with Crippen LogP contribution in [0.4, 0.5) is 17.1 Å². The van der Waals surface area contributed by atoms with Crippen molar-refractivity contribution in [2.75, 3.05) is 29.1 Å². The summed E-state index contributed by atoms with van der Waals surface area (Å²) in [5.41, 5.74) is 3.24. The summed E-state index contributed by atoms with van der Waals surface area (Å²) in [4.78, 5) is 11.6. The molecular formula is C20H21ClN4O2. The second kappa shape index (κ2) is 8.19. The molecule has 2 aromatic rings. The van der Waals surface area contributed by atoms with Gasteiger partial charge in [0.1, 0.15) is 5.75 Å². The largest absolute Gasteiger partial charge is 0.492 e. The number of nitrogens with one attached hydrogen (secondary N) is 3. The predicted octanol–water partition coefficient (Wildman–Crippen LogP) is 4.42. The molecule has 0 bridgehead atoms. The van der Waals surface area contributed by atoms with E-state index in [1.54, 1.807) is 12.1 Å². The second-order valence-electron chi connectivity index (χ2n) is 6.30. The van der Waals surface area contributed by atoms with E-state index in [1.807, 2.05) is 31.2 Å². The number of ether oxygens (including phenoxy) is 1. The molecule has 2 atom stereocenters. The number of carbonyl (C=O) groups excluding carboxylic acids is 1. The molecule has 1 aliphatic rings. The highest BCUT2D eigenvalue weighted by molar-refractivity contribution is 6.30. The number of nitriles is 1. The molecule has 6 nitrogen and oxygen atoms in total. The molecule has 7 heteroatoms. The highest BCUT2D eigenvalue weighted by Gasteiger charge is 2.31. The van der Waals surface area contributed by atoms with E-state index >= 15 is 0 Å². The van der Waals surface area contributed by atoms with Crippen LogP contribution < -0.4 is 20.7 Å². The van der Waals surface area contributed by atoms with Crippen LogP contribution in [0.15, 0.2) is 36.4 Å². The maximum atomic E-state index is 11.6. The van der Waals surface area contributed by atoms with Gasteiger partial charge in [-0.2, -0.15) is 5.26 Å². The Morgan fingerprint density at radius 2 is 2.11 bits per heavy atom. The zero-order valence-electron chi connectivity index (χ0n) is 15.2. The number of anilines is 3. The summed E-state index contributed by atoms with van der Waals surface area (Å²) in [5.74, 6) is 0.134. The summed E-state index contributed by atoms with van der Waals surface area (Å²) in [7, 11) is 0. The topological polar surface area (TPSA) is 86.2 Å². The SMILES string of the molecule is CCOc1cc2c(cc1NC(C)=O)C(Nc1ccc(Cl)cc1)C(C#N)CN2. The Bertz CT molecular complexity index is 877. The van der Waals surface area contributed by atoms with Gasteiger partial charge in [-0.1, -0.05) is 11.6 Å². The minimum atomic E-state index is -0.281. The minimum absolute atomic E-state index is 0.182. The van der Waals surface area contributed by atoms with Crippen molar-refractivity contribution in [2.24, 2.45) is 5.92 Å². The van der Waals surface area contributed by atoms with Gasteiger partial charge in [-0.25, -0.2) is 0 Å². The third-order valence-corrected chi connectivity index (χ3v) is 4.60. The highest BCUT2D eigenvalue weighted by atomic mass is 35.5. The molecule has 0 spiro atoms. The molecule has 140 valence electrons. The molecule has 3 N–H and O–H groups in total. The summed E-state index contributed by atoms with van der Waals surface area (Å²) in [5, 5.41) is 19.8. The van der Waals surface area contributed by atoms with Gasteiger partial charge in [0.25, 0.3) is 0 Å². The molecule has 0 aromatic heterocycles. The van der Waals surface area contributed by atoms with Crippen molar-refractivity contribution in [1.82, 2.24) is 0 Å². The van der Waals surface area contributed by atoms with Crippen molar-refractivity contribution in [1.29, 1.82) is 5.26 Å².